The molecule has 2 aromatic rings. The minimum Gasteiger partial charge on any atom is -0.344 e. The number of likely N-dealkylation sites (tertiary alicyclic amines) is 1. The van der Waals surface area contributed by atoms with E-state index in [-0.39, 0.29) is 0 Å². The summed E-state index contributed by atoms with van der Waals surface area (Å²) in [6, 6.07) is 9.20. The molecule has 0 radical (unpaired) electrons. The van der Waals surface area contributed by atoms with Crippen LogP contribution in [0.3, 0.4) is 0 Å². The Labute approximate surface area is 173 Å². The van der Waals surface area contributed by atoms with Crippen molar-refractivity contribution >= 4 is 34.4 Å². The maximum Gasteiger partial charge on any atom is 0.416 e. The van der Waals surface area contributed by atoms with Crippen LogP contribution in [0.5, 0.6) is 0 Å². The number of anilines is 1. The van der Waals surface area contributed by atoms with Crippen molar-refractivity contribution in [3.05, 3.63) is 52.2 Å². The highest BCUT2D eigenvalue weighted by Crippen LogP contribution is 2.30. The van der Waals surface area contributed by atoms with E-state index < -0.39 is 11.7 Å². The first kappa shape index (κ1) is 21.1. The molecule has 28 heavy (non-hydrogen) atoms. The molecule has 1 aromatic heterocycles. The van der Waals surface area contributed by atoms with Crippen molar-refractivity contribution in [2.75, 3.05) is 31.5 Å². The summed E-state index contributed by atoms with van der Waals surface area (Å²) in [5, 5.41) is 5.46. The molecule has 0 saturated carbocycles. The predicted molar refractivity (Wildman–Crippen MR) is 113 cm³/mol. The summed E-state index contributed by atoms with van der Waals surface area (Å²) >= 11 is 7.19. The predicted octanol–water partition coefficient (Wildman–Crippen LogP) is 5.45. The SMILES string of the molecule is FC(F)(F)c1cccc(NC(=S)N(CCCN2CCCC2)Cc2cccs2)c1. The highest BCUT2D eigenvalue weighted by atomic mass is 32.1. The van der Waals surface area contributed by atoms with Crippen molar-refractivity contribution in [3.8, 4) is 0 Å². The average Bonchev–Trinajstić information content (AvgIpc) is 3.34. The molecule has 0 aliphatic carbocycles. The van der Waals surface area contributed by atoms with Crippen LogP contribution in [0.1, 0.15) is 29.7 Å². The van der Waals surface area contributed by atoms with Crippen molar-refractivity contribution in [1.82, 2.24) is 9.80 Å². The van der Waals surface area contributed by atoms with Crippen molar-refractivity contribution < 1.29 is 13.2 Å². The van der Waals surface area contributed by atoms with Crippen LogP contribution >= 0.6 is 23.6 Å². The van der Waals surface area contributed by atoms with E-state index in [0.717, 1.165) is 44.7 Å². The lowest BCUT2D eigenvalue weighted by Gasteiger charge is -2.26. The third kappa shape index (κ3) is 6.18. The van der Waals surface area contributed by atoms with E-state index in [1.807, 2.05) is 22.4 Å². The molecule has 0 spiro atoms. The second-order valence-electron chi connectivity index (χ2n) is 6.91. The molecular formula is C20H24F3N3S2. The summed E-state index contributed by atoms with van der Waals surface area (Å²) < 4.78 is 38.9. The van der Waals surface area contributed by atoms with Crippen LogP contribution in [-0.4, -0.2) is 41.1 Å². The Hall–Kier alpha value is -1.64. The molecule has 1 fully saturated rings. The number of nitrogens with one attached hydrogen (secondary N) is 1. The molecule has 3 nitrogen and oxygen atoms in total. The van der Waals surface area contributed by atoms with Gasteiger partial charge in [-0.15, -0.1) is 11.3 Å². The van der Waals surface area contributed by atoms with Gasteiger partial charge >= 0.3 is 6.18 Å². The molecule has 152 valence electrons. The van der Waals surface area contributed by atoms with Gasteiger partial charge in [-0.3, -0.25) is 0 Å². The Balaban J connectivity index is 1.63. The molecule has 3 rings (SSSR count). The van der Waals surface area contributed by atoms with Crippen LogP contribution in [0.15, 0.2) is 41.8 Å². The number of halogens is 3. The first-order valence-electron chi connectivity index (χ1n) is 9.40. The van der Waals surface area contributed by atoms with Crippen LogP contribution in [0.25, 0.3) is 0 Å². The molecule has 0 atom stereocenters. The fourth-order valence-corrected chi connectivity index (χ4v) is 4.30. The van der Waals surface area contributed by atoms with Crippen molar-refractivity contribution in [2.24, 2.45) is 0 Å². The number of thiophene rings is 1. The van der Waals surface area contributed by atoms with Gasteiger partial charge in [-0.25, -0.2) is 0 Å². The lowest BCUT2D eigenvalue weighted by Crippen LogP contribution is -2.36. The zero-order valence-electron chi connectivity index (χ0n) is 15.5. The van der Waals surface area contributed by atoms with Gasteiger partial charge in [0, 0.05) is 17.1 Å². The van der Waals surface area contributed by atoms with Crippen LogP contribution < -0.4 is 5.32 Å². The van der Waals surface area contributed by atoms with Crippen LogP contribution in [-0.2, 0) is 12.7 Å². The first-order valence-corrected chi connectivity index (χ1v) is 10.7. The van der Waals surface area contributed by atoms with E-state index >= 15 is 0 Å². The largest absolute Gasteiger partial charge is 0.416 e. The summed E-state index contributed by atoms with van der Waals surface area (Å²) in [5.41, 5.74) is -0.324. The molecule has 2 heterocycles. The fraction of sp³-hybridized carbons (Fsp3) is 0.450. The molecule has 0 bridgehead atoms. The van der Waals surface area contributed by atoms with E-state index in [2.05, 4.69) is 10.2 Å². The van der Waals surface area contributed by atoms with Gasteiger partial charge in [-0.05, 0) is 80.8 Å². The molecule has 0 unspecified atom stereocenters. The number of benzene rings is 1. The van der Waals surface area contributed by atoms with Crippen molar-refractivity contribution in [1.29, 1.82) is 0 Å². The number of nitrogens with zero attached hydrogens (tertiary/aromatic N) is 2. The van der Waals surface area contributed by atoms with Gasteiger partial charge in [-0.2, -0.15) is 13.2 Å². The van der Waals surface area contributed by atoms with Crippen LogP contribution in [0.4, 0.5) is 18.9 Å². The topological polar surface area (TPSA) is 18.5 Å². The summed E-state index contributed by atoms with van der Waals surface area (Å²) in [5.74, 6) is 0. The Bertz CT molecular complexity index is 756. The fourth-order valence-electron chi connectivity index (χ4n) is 3.31. The number of hydrogen-bond acceptors (Lipinski definition) is 3. The second kappa shape index (κ2) is 9.71. The van der Waals surface area contributed by atoms with E-state index in [0.29, 0.717) is 17.3 Å². The Morgan fingerprint density at radius 3 is 2.64 bits per heavy atom. The molecule has 1 N–H and O–H groups in total. The Morgan fingerprint density at radius 2 is 1.96 bits per heavy atom. The molecule has 1 saturated heterocycles. The highest BCUT2D eigenvalue weighted by Gasteiger charge is 2.30. The molecule has 1 aliphatic heterocycles. The minimum absolute atomic E-state index is 0.357. The zero-order valence-corrected chi connectivity index (χ0v) is 17.2. The van der Waals surface area contributed by atoms with E-state index in [4.69, 9.17) is 12.2 Å². The van der Waals surface area contributed by atoms with Crippen molar-refractivity contribution in [2.45, 2.75) is 32.0 Å². The smallest absolute Gasteiger partial charge is 0.344 e. The minimum atomic E-state index is -4.37. The van der Waals surface area contributed by atoms with Gasteiger partial charge < -0.3 is 15.1 Å². The summed E-state index contributed by atoms with van der Waals surface area (Å²) in [6.45, 7) is 4.74. The second-order valence-corrected chi connectivity index (χ2v) is 8.33. The van der Waals surface area contributed by atoms with E-state index in [1.54, 1.807) is 17.4 Å². The number of rotatable bonds is 7. The van der Waals surface area contributed by atoms with Gasteiger partial charge in [0.1, 0.15) is 0 Å². The molecular weight excluding hydrogens is 403 g/mol. The zero-order chi connectivity index (χ0) is 20.0. The van der Waals surface area contributed by atoms with Gasteiger partial charge in [0.15, 0.2) is 5.11 Å². The molecule has 1 aliphatic rings. The summed E-state index contributed by atoms with van der Waals surface area (Å²) in [6.07, 6.45) is -0.885. The Morgan fingerprint density at radius 1 is 1.18 bits per heavy atom. The van der Waals surface area contributed by atoms with Crippen LogP contribution in [0, 0.1) is 0 Å². The quantitative estimate of drug-likeness (QED) is 0.592. The monoisotopic (exact) mass is 427 g/mol. The van der Waals surface area contributed by atoms with Gasteiger partial charge in [0.2, 0.25) is 0 Å². The lowest BCUT2D eigenvalue weighted by atomic mass is 10.2. The van der Waals surface area contributed by atoms with E-state index in [1.165, 1.54) is 23.8 Å². The lowest BCUT2D eigenvalue weighted by molar-refractivity contribution is -0.137. The van der Waals surface area contributed by atoms with Crippen LogP contribution in [0.2, 0.25) is 0 Å². The third-order valence-electron chi connectivity index (χ3n) is 4.76. The van der Waals surface area contributed by atoms with Gasteiger partial charge in [0.25, 0.3) is 0 Å². The van der Waals surface area contributed by atoms with Gasteiger partial charge in [0.05, 0.1) is 12.1 Å². The van der Waals surface area contributed by atoms with E-state index in [9.17, 15) is 13.2 Å². The Kier molecular flexibility index (Phi) is 7.31. The third-order valence-corrected chi connectivity index (χ3v) is 5.98. The molecule has 8 heteroatoms. The summed E-state index contributed by atoms with van der Waals surface area (Å²) in [4.78, 5) is 5.67. The maximum atomic E-state index is 13.0. The number of hydrogen-bond donors (Lipinski definition) is 1. The first-order chi connectivity index (χ1) is 13.4. The number of alkyl halides is 3. The maximum absolute atomic E-state index is 13.0. The average molecular weight is 428 g/mol. The summed E-state index contributed by atoms with van der Waals surface area (Å²) in [7, 11) is 0. The number of thiocarbonyl (C=S) groups is 1. The van der Waals surface area contributed by atoms with Crippen molar-refractivity contribution in [3.63, 3.8) is 0 Å². The molecule has 1 aromatic carbocycles. The highest BCUT2D eigenvalue weighted by molar-refractivity contribution is 7.80. The van der Waals surface area contributed by atoms with Gasteiger partial charge in [-0.1, -0.05) is 12.1 Å². The molecule has 0 amide bonds. The normalized spacial score (nSPS) is 15.0. The standard InChI is InChI=1S/C20H24F3N3S2/c21-20(22,23)16-6-3-7-17(14-16)24-19(27)26(15-18-8-4-13-28-18)12-5-11-25-9-1-2-10-25/h3-4,6-8,13-14H,1-2,5,9-12,15H2,(H,24,27).